The van der Waals surface area contributed by atoms with Crippen molar-refractivity contribution in [3.8, 4) is 11.5 Å². The van der Waals surface area contributed by atoms with E-state index in [0.29, 0.717) is 16.8 Å². The first-order valence-electron chi connectivity index (χ1n) is 8.40. The van der Waals surface area contributed by atoms with Crippen LogP contribution in [0.15, 0.2) is 48.5 Å². The van der Waals surface area contributed by atoms with Gasteiger partial charge in [0.05, 0.1) is 14.2 Å². The molecule has 0 saturated heterocycles. The van der Waals surface area contributed by atoms with Crippen molar-refractivity contribution in [3.63, 3.8) is 0 Å². The monoisotopic (exact) mass is 404 g/mol. The van der Waals surface area contributed by atoms with Gasteiger partial charge in [0.2, 0.25) is 0 Å². The summed E-state index contributed by atoms with van der Waals surface area (Å²) in [4.78, 5) is 0. The van der Waals surface area contributed by atoms with E-state index in [4.69, 9.17) is 33.9 Å². The molecule has 6 nitrogen and oxygen atoms in total. The Morgan fingerprint density at radius 3 is 1.70 bits per heavy atom. The van der Waals surface area contributed by atoms with Gasteiger partial charge in [-0.3, -0.25) is 0 Å². The Bertz CT molecular complexity index is 751. The van der Waals surface area contributed by atoms with Crippen LogP contribution in [0, 0.1) is 0 Å². The number of benzene rings is 2. The van der Waals surface area contributed by atoms with E-state index in [1.165, 1.54) is 0 Å². The minimum Gasteiger partial charge on any atom is -0.497 e. The minimum atomic E-state index is 0.0823. The van der Waals surface area contributed by atoms with Gasteiger partial charge < -0.3 is 30.7 Å². The normalized spacial score (nSPS) is 11.1. The lowest BCUT2D eigenvalue weighted by atomic mass is 10.3. The summed E-state index contributed by atoms with van der Waals surface area (Å²) in [6.07, 6.45) is 0. The molecule has 1 unspecified atom stereocenters. The van der Waals surface area contributed by atoms with Gasteiger partial charge in [0, 0.05) is 24.0 Å². The second kappa shape index (κ2) is 10.5. The smallest absolute Gasteiger partial charge is 0.171 e. The highest BCUT2D eigenvalue weighted by Gasteiger charge is 2.06. The highest BCUT2D eigenvalue weighted by Crippen LogP contribution is 2.15. The summed E-state index contributed by atoms with van der Waals surface area (Å²) in [5.41, 5.74) is 1.79. The maximum absolute atomic E-state index is 5.34. The molecule has 0 fully saturated rings. The number of hydrogen-bond donors (Lipinski definition) is 4. The molecule has 0 heterocycles. The fraction of sp³-hybridized carbons (Fsp3) is 0.263. The predicted octanol–water partition coefficient (Wildman–Crippen LogP) is 3.37. The topological polar surface area (TPSA) is 66.6 Å². The fourth-order valence-corrected chi connectivity index (χ4v) is 2.73. The van der Waals surface area contributed by atoms with Crippen molar-refractivity contribution >= 4 is 46.0 Å². The van der Waals surface area contributed by atoms with Crippen LogP contribution in [-0.4, -0.2) is 37.0 Å². The molecule has 8 heteroatoms. The van der Waals surface area contributed by atoms with Crippen molar-refractivity contribution in [1.82, 2.24) is 10.6 Å². The molecule has 0 aliphatic heterocycles. The first kappa shape index (κ1) is 20.7. The quantitative estimate of drug-likeness (QED) is 0.524. The molecule has 0 radical (unpaired) electrons. The van der Waals surface area contributed by atoms with E-state index >= 15 is 0 Å². The largest absolute Gasteiger partial charge is 0.497 e. The first-order chi connectivity index (χ1) is 13.0. The van der Waals surface area contributed by atoms with Gasteiger partial charge in [-0.1, -0.05) is 0 Å². The molecule has 2 rings (SSSR count). The average molecular weight is 405 g/mol. The third kappa shape index (κ3) is 7.28. The SMILES string of the molecule is COc1ccc(NC(=S)NCC(C)NC(=S)Nc2ccc(OC)cc2)cc1. The molecule has 0 aromatic heterocycles. The lowest BCUT2D eigenvalue weighted by Gasteiger charge is -2.19. The van der Waals surface area contributed by atoms with Gasteiger partial charge in [-0.15, -0.1) is 0 Å². The molecule has 2 aromatic rings. The van der Waals surface area contributed by atoms with Crippen LogP contribution in [0.3, 0.4) is 0 Å². The van der Waals surface area contributed by atoms with Gasteiger partial charge in [0.1, 0.15) is 11.5 Å². The van der Waals surface area contributed by atoms with Crippen LogP contribution in [0.5, 0.6) is 11.5 Å². The Kier molecular flexibility index (Phi) is 8.09. The van der Waals surface area contributed by atoms with Crippen molar-refractivity contribution in [2.24, 2.45) is 0 Å². The molecule has 0 aliphatic rings. The van der Waals surface area contributed by atoms with Crippen molar-refractivity contribution in [2.75, 3.05) is 31.4 Å². The molecule has 144 valence electrons. The van der Waals surface area contributed by atoms with Gasteiger partial charge >= 0.3 is 0 Å². The van der Waals surface area contributed by atoms with Crippen LogP contribution in [0.1, 0.15) is 6.92 Å². The summed E-state index contributed by atoms with van der Waals surface area (Å²) >= 11 is 10.7. The number of nitrogens with one attached hydrogen (secondary N) is 4. The Labute approximate surface area is 170 Å². The maximum Gasteiger partial charge on any atom is 0.171 e. The third-order valence-electron chi connectivity index (χ3n) is 3.64. The number of rotatable bonds is 7. The molecule has 0 saturated carbocycles. The van der Waals surface area contributed by atoms with Crippen molar-refractivity contribution in [1.29, 1.82) is 0 Å². The highest BCUT2D eigenvalue weighted by molar-refractivity contribution is 7.80. The van der Waals surface area contributed by atoms with Crippen molar-refractivity contribution in [2.45, 2.75) is 13.0 Å². The lowest BCUT2D eigenvalue weighted by Crippen LogP contribution is -2.44. The Morgan fingerprint density at radius 1 is 0.815 bits per heavy atom. The predicted molar refractivity (Wildman–Crippen MR) is 119 cm³/mol. The lowest BCUT2D eigenvalue weighted by molar-refractivity contribution is 0.415. The maximum atomic E-state index is 5.34. The standard InChI is InChI=1S/C19H24N4O2S2/c1-13(21-19(27)23-15-6-10-17(25-3)11-7-15)12-20-18(26)22-14-4-8-16(24-2)9-5-14/h4-11,13H,12H2,1-3H3,(H2,20,22,26)(H2,21,23,27). The van der Waals surface area contributed by atoms with Gasteiger partial charge in [0.25, 0.3) is 0 Å². The molecule has 0 amide bonds. The molecule has 4 N–H and O–H groups in total. The molecule has 0 bridgehead atoms. The molecular formula is C19H24N4O2S2. The second-order valence-corrected chi connectivity index (χ2v) is 6.61. The second-order valence-electron chi connectivity index (χ2n) is 5.79. The summed E-state index contributed by atoms with van der Waals surface area (Å²) in [5.74, 6) is 1.60. The number of methoxy groups -OCH3 is 2. The van der Waals surface area contributed by atoms with Crippen LogP contribution in [0.4, 0.5) is 11.4 Å². The van der Waals surface area contributed by atoms with Gasteiger partial charge in [0.15, 0.2) is 10.2 Å². The molecule has 0 spiro atoms. The zero-order chi connectivity index (χ0) is 19.6. The van der Waals surface area contributed by atoms with E-state index < -0.39 is 0 Å². The summed E-state index contributed by atoms with van der Waals surface area (Å²) in [6.45, 7) is 2.64. The van der Waals surface area contributed by atoms with Crippen LogP contribution >= 0.6 is 24.4 Å². The van der Waals surface area contributed by atoms with Crippen LogP contribution in [-0.2, 0) is 0 Å². The molecule has 27 heavy (non-hydrogen) atoms. The van der Waals surface area contributed by atoms with Crippen LogP contribution in [0.25, 0.3) is 0 Å². The highest BCUT2D eigenvalue weighted by atomic mass is 32.1. The third-order valence-corrected chi connectivity index (χ3v) is 4.11. The molecule has 2 aromatic carbocycles. The Hall–Kier alpha value is -2.58. The van der Waals surface area contributed by atoms with Crippen LogP contribution in [0.2, 0.25) is 0 Å². The summed E-state index contributed by atoms with van der Waals surface area (Å²) in [6, 6.07) is 15.2. The van der Waals surface area contributed by atoms with E-state index in [-0.39, 0.29) is 6.04 Å². The van der Waals surface area contributed by atoms with Crippen molar-refractivity contribution < 1.29 is 9.47 Å². The number of hydrogen-bond acceptors (Lipinski definition) is 4. The van der Waals surface area contributed by atoms with E-state index in [9.17, 15) is 0 Å². The Morgan fingerprint density at radius 2 is 1.26 bits per heavy atom. The number of anilines is 2. The van der Waals surface area contributed by atoms with Crippen molar-refractivity contribution in [3.05, 3.63) is 48.5 Å². The fourth-order valence-electron chi connectivity index (χ4n) is 2.21. The summed E-state index contributed by atoms with van der Waals surface area (Å²) < 4.78 is 10.3. The molecule has 1 atom stereocenters. The average Bonchev–Trinajstić information content (AvgIpc) is 2.67. The van der Waals surface area contributed by atoms with Gasteiger partial charge in [-0.25, -0.2) is 0 Å². The first-order valence-corrected chi connectivity index (χ1v) is 9.22. The number of thiocarbonyl (C=S) groups is 2. The zero-order valence-corrected chi connectivity index (χ0v) is 17.2. The van der Waals surface area contributed by atoms with Gasteiger partial charge in [-0.2, -0.15) is 0 Å². The minimum absolute atomic E-state index is 0.0823. The van der Waals surface area contributed by atoms with Gasteiger partial charge in [-0.05, 0) is 79.9 Å². The van der Waals surface area contributed by atoms with Crippen LogP contribution < -0.4 is 30.7 Å². The van der Waals surface area contributed by atoms with E-state index in [2.05, 4.69) is 21.3 Å². The zero-order valence-electron chi connectivity index (χ0n) is 15.5. The summed E-state index contributed by atoms with van der Waals surface area (Å²) in [7, 11) is 3.27. The Balaban J connectivity index is 1.71. The molecule has 0 aliphatic carbocycles. The van der Waals surface area contributed by atoms with E-state index in [1.807, 2.05) is 55.5 Å². The van der Waals surface area contributed by atoms with E-state index in [1.54, 1.807) is 14.2 Å². The van der Waals surface area contributed by atoms with E-state index in [0.717, 1.165) is 22.9 Å². The summed E-state index contributed by atoms with van der Waals surface area (Å²) in [5, 5.41) is 13.7. The molecular weight excluding hydrogens is 380 g/mol. The number of ether oxygens (including phenoxy) is 2.